The van der Waals surface area contributed by atoms with E-state index in [2.05, 4.69) is 57.0 Å². The van der Waals surface area contributed by atoms with Crippen molar-refractivity contribution in [2.75, 3.05) is 19.6 Å². The Morgan fingerprint density at radius 2 is 1.74 bits per heavy atom. The fourth-order valence-electron chi connectivity index (χ4n) is 4.59. The molecule has 1 aromatic rings. The van der Waals surface area contributed by atoms with Crippen molar-refractivity contribution in [3.05, 3.63) is 34.9 Å². The van der Waals surface area contributed by atoms with Gasteiger partial charge in [-0.2, -0.15) is 0 Å². The van der Waals surface area contributed by atoms with Crippen LogP contribution in [0.3, 0.4) is 0 Å². The molecule has 0 bridgehead atoms. The molecule has 0 aliphatic heterocycles. The summed E-state index contributed by atoms with van der Waals surface area (Å²) in [6.07, 6.45) is 2.49. The summed E-state index contributed by atoms with van der Waals surface area (Å²) < 4.78 is 0. The van der Waals surface area contributed by atoms with Gasteiger partial charge in [-0.25, -0.2) is 0 Å². The second-order valence-corrected chi connectivity index (χ2v) is 7.45. The van der Waals surface area contributed by atoms with Gasteiger partial charge in [-0.1, -0.05) is 58.4 Å². The lowest BCUT2D eigenvalue weighted by Gasteiger charge is -2.55. The van der Waals surface area contributed by atoms with Crippen LogP contribution in [-0.4, -0.2) is 30.6 Å². The SMILES string of the molecule is CCNC1C(C)C(C)CCC1(c1ccc(Cl)cc1)N(CC)CC. The lowest BCUT2D eigenvalue weighted by Crippen LogP contribution is -2.64. The molecule has 130 valence electrons. The number of hydrogen-bond acceptors (Lipinski definition) is 2. The highest BCUT2D eigenvalue weighted by Gasteiger charge is 2.50. The van der Waals surface area contributed by atoms with E-state index in [1.54, 1.807) is 0 Å². The molecule has 0 heterocycles. The van der Waals surface area contributed by atoms with Crippen LogP contribution in [0.4, 0.5) is 0 Å². The monoisotopic (exact) mass is 336 g/mol. The average Bonchev–Trinajstić information content (AvgIpc) is 2.56. The summed E-state index contributed by atoms with van der Waals surface area (Å²) in [7, 11) is 0. The van der Waals surface area contributed by atoms with Gasteiger partial charge in [0.05, 0.1) is 5.54 Å². The Morgan fingerprint density at radius 3 is 2.26 bits per heavy atom. The fourth-order valence-corrected chi connectivity index (χ4v) is 4.72. The molecule has 4 atom stereocenters. The van der Waals surface area contributed by atoms with Crippen molar-refractivity contribution in [3.63, 3.8) is 0 Å². The predicted octanol–water partition coefficient (Wildman–Crippen LogP) is 4.92. The zero-order valence-corrected chi connectivity index (χ0v) is 16.2. The van der Waals surface area contributed by atoms with E-state index in [9.17, 15) is 0 Å². The topological polar surface area (TPSA) is 15.3 Å². The lowest BCUT2D eigenvalue weighted by atomic mass is 9.63. The summed E-state index contributed by atoms with van der Waals surface area (Å²) in [5, 5.41) is 4.66. The molecule has 0 saturated heterocycles. The number of hydrogen-bond donors (Lipinski definition) is 1. The highest BCUT2D eigenvalue weighted by Crippen LogP contribution is 2.47. The van der Waals surface area contributed by atoms with Crippen molar-refractivity contribution in [2.45, 2.75) is 59.0 Å². The predicted molar refractivity (Wildman–Crippen MR) is 101 cm³/mol. The minimum atomic E-state index is 0.0655. The first-order valence-corrected chi connectivity index (χ1v) is 9.63. The summed E-state index contributed by atoms with van der Waals surface area (Å²) in [5.74, 6) is 1.41. The second kappa shape index (κ2) is 8.00. The second-order valence-electron chi connectivity index (χ2n) is 7.01. The van der Waals surface area contributed by atoms with E-state index >= 15 is 0 Å². The first-order valence-electron chi connectivity index (χ1n) is 9.25. The molecule has 1 N–H and O–H groups in total. The zero-order chi connectivity index (χ0) is 17.0. The molecule has 4 unspecified atom stereocenters. The molecular formula is C20H33ClN2. The Bertz CT molecular complexity index is 483. The molecule has 3 heteroatoms. The van der Waals surface area contributed by atoms with E-state index in [1.165, 1.54) is 18.4 Å². The maximum Gasteiger partial charge on any atom is 0.0617 e. The lowest BCUT2D eigenvalue weighted by molar-refractivity contribution is -0.0184. The van der Waals surface area contributed by atoms with Crippen molar-refractivity contribution < 1.29 is 0 Å². The Kier molecular flexibility index (Phi) is 6.53. The standard InChI is InChI=1S/C20H33ClN2/c1-6-22-19-16(5)15(4)13-14-20(19,23(7-2)8-3)17-9-11-18(21)12-10-17/h9-12,15-16,19,22H,6-8,13-14H2,1-5H3. The van der Waals surface area contributed by atoms with Crippen LogP contribution in [0, 0.1) is 11.8 Å². The van der Waals surface area contributed by atoms with Crippen LogP contribution in [0.25, 0.3) is 0 Å². The molecule has 1 aromatic carbocycles. The molecule has 0 amide bonds. The van der Waals surface area contributed by atoms with Crippen LogP contribution >= 0.6 is 11.6 Å². The van der Waals surface area contributed by atoms with Crippen LogP contribution in [0.2, 0.25) is 5.02 Å². The van der Waals surface area contributed by atoms with E-state index in [0.717, 1.165) is 30.6 Å². The molecule has 1 aliphatic rings. The van der Waals surface area contributed by atoms with Crippen molar-refractivity contribution in [2.24, 2.45) is 11.8 Å². The maximum atomic E-state index is 6.16. The molecule has 0 aromatic heterocycles. The Morgan fingerprint density at radius 1 is 1.13 bits per heavy atom. The molecule has 23 heavy (non-hydrogen) atoms. The van der Waals surface area contributed by atoms with Crippen molar-refractivity contribution in [1.29, 1.82) is 0 Å². The van der Waals surface area contributed by atoms with E-state index in [-0.39, 0.29) is 5.54 Å². The van der Waals surface area contributed by atoms with Gasteiger partial charge in [0.1, 0.15) is 0 Å². The largest absolute Gasteiger partial charge is 0.312 e. The van der Waals surface area contributed by atoms with Gasteiger partial charge in [-0.15, -0.1) is 0 Å². The van der Waals surface area contributed by atoms with Gasteiger partial charge in [0, 0.05) is 11.1 Å². The highest BCUT2D eigenvalue weighted by atomic mass is 35.5. The van der Waals surface area contributed by atoms with Gasteiger partial charge in [0.2, 0.25) is 0 Å². The Balaban J connectivity index is 2.57. The van der Waals surface area contributed by atoms with Crippen LogP contribution in [0.1, 0.15) is 53.0 Å². The molecule has 0 spiro atoms. The summed E-state index contributed by atoms with van der Waals surface area (Å²) in [4.78, 5) is 2.66. The zero-order valence-electron chi connectivity index (χ0n) is 15.4. The third-order valence-corrected chi connectivity index (χ3v) is 6.27. The summed E-state index contributed by atoms with van der Waals surface area (Å²) >= 11 is 6.16. The minimum absolute atomic E-state index is 0.0655. The van der Waals surface area contributed by atoms with E-state index < -0.39 is 0 Å². The molecule has 1 aliphatic carbocycles. The van der Waals surface area contributed by atoms with Crippen molar-refractivity contribution >= 4 is 11.6 Å². The number of nitrogens with zero attached hydrogens (tertiary/aromatic N) is 1. The van der Waals surface area contributed by atoms with Crippen molar-refractivity contribution in [3.8, 4) is 0 Å². The van der Waals surface area contributed by atoms with Crippen LogP contribution < -0.4 is 5.32 Å². The molecule has 1 saturated carbocycles. The quantitative estimate of drug-likeness (QED) is 0.793. The number of likely N-dealkylation sites (N-methyl/N-ethyl adjacent to an activating group) is 2. The number of halogens is 1. The van der Waals surface area contributed by atoms with Gasteiger partial charge >= 0.3 is 0 Å². The number of rotatable bonds is 6. The van der Waals surface area contributed by atoms with Crippen molar-refractivity contribution in [1.82, 2.24) is 10.2 Å². The molecule has 2 nitrogen and oxygen atoms in total. The van der Waals surface area contributed by atoms with Gasteiger partial charge in [0.15, 0.2) is 0 Å². The van der Waals surface area contributed by atoms with E-state index in [4.69, 9.17) is 11.6 Å². The highest BCUT2D eigenvalue weighted by molar-refractivity contribution is 6.30. The minimum Gasteiger partial charge on any atom is -0.312 e. The Hall–Kier alpha value is -0.570. The first kappa shape index (κ1) is 18.8. The molecule has 0 radical (unpaired) electrons. The van der Waals surface area contributed by atoms with Crippen LogP contribution in [0.15, 0.2) is 24.3 Å². The summed E-state index contributed by atoms with van der Waals surface area (Å²) in [6, 6.07) is 9.06. The smallest absolute Gasteiger partial charge is 0.0617 e. The molecule has 2 rings (SSSR count). The van der Waals surface area contributed by atoms with Gasteiger partial charge in [-0.3, -0.25) is 4.90 Å². The fraction of sp³-hybridized carbons (Fsp3) is 0.700. The maximum absolute atomic E-state index is 6.16. The van der Waals surface area contributed by atoms with Crippen LogP contribution in [0.5, 0.6) is 0 Å². The summed E-state index contributed by atoms with van der Waals surface area (Å²) in [5.41, 5.74) is 1.48. The van der Waals surface area contributed by atoms with Gasteiger partial charge in [0.25, 0.3) is 0 Å². The average molecular weight is 337 g/mol. The Labute approximate surface area is 147 Å². The molecule has 1 fully saturated rings. The third kappa shape index (κ3) is 3.45. The van der Waals surface area contributed by atoms with Gasteiger partial charge < -0.3 is 5.32 Å². The number of benzene rings is 1. The van der Waals surface area contributed by atoms with E-state index in [1.807, 2.05) is 12.1 Å². The summed E-state index contributed by atoms with van der Waals surface area (Å²) in [6.45, 7) is 14.8. The normalized spacial score (nSPS) is 31.5. The first-order chi connectivity index (χ1) is 11.0. The number of nitrogens with one attached hydrogen (secondary N) is 1. The third-order valence-electron chi connectivity index (χ3n) is 6.01. The molecular weight excluding hydrogens is 304 g/mol. The van der Waals surface area contributed by atoms with Gasteiger partial charge in [-0.05, 0) is 62.0 Å². The van der Waals surface area contributed by atoms with Crippen LogP contribution in [-0.2, 0) is 5.54 Å². The van der Waals surface area contributed by atoms with E-state index in [0.29, 0.717) is 12.0 Å².